The van der Waals surface area contributed by atoms with Crippen LogP contribution in [0.2, 0.25) is 0 Å². The molecule has 69 heavy (non-hydrogen) atoms. The van der Waals surface area contributed by atoms with Crippen molar-refractivity contribution in [2.24, 2.45) is 15.9 Å². The van der Waals surface area contributed by atoms with Crippen molar-refractivity contribution < 1.29 is 0 Å². The van der Waals surface area contributed by atoms with Gasteiger partial charge in [-0.2, -0.15) is 0 Å². The average molecular weight is 896 g/mol. The van der Waals surface area contributed by atoms with Crippen LogP contribution in [-0.4, -0.2) is 12.4 Å². The van der Waals surface area contributed by atoms with E-state index in [-0.39, 0.29) is 0 Å². The number of benzene rings is 10. The molecule has 0 amide bonds. The minimum atomic E-state index is 0.460. The van der Waals surface area contributed by atoms with E-state index in [4.69, 9.17) is 4.99 Å². The number of para-hydroxylation sites is 3. The van der Waals surface area contributed by atoms with E-state index >= 15 is 0 Å². The Morgan fingerprint density at radius 3 is 1.62 bits per heavy atom. The molecule has 10 aromatic rings. The average Bonchev–Trinajstić information content (AvgIpc) is 3.42. The summed E-state index contributed by atoms with van der Waals surface area (Å²) in [5.41, 5.74) is 18.5. The van der Waals surface area contributed by atoms with Crippen LogP contribution in [0.4, 0.5) is 17.1 Å². The predicted octanol–water partition coefficient (Wildman–Crippen LogP) is 18.4. The molecule has 1 aliphatic heterocycles. The third-order valence-corrected chi connectivity index (χ3v) is 12.9. The van der Waals surface area contributed by atoms with Gasteiger partial charge in [0.25, 0.3) is 0 Å². The molecule has 11 rings (SSSR count). The maximum atomic E-state index is 4.92. The number of hydrogen-bond acceptors (Lipinski definition) is 3. The van der Waals surface area contributed by atoms with Gasteiger partial charge in [-0.15, -0.1) is 0 Å². The molecule has 3 nitrogen and oxygen atoms in total. The predicted molar refractivity (Wildman–Crippen MR) is 300 cm³/mol. The summed E-state index contributed by atoms with van der Waals surface area (Å²) in [6.07, 6.45) is 1.10. The van der Waals surface area contributed by atoms with Gasteiger partial charge in [-0.1, -0.05) is 220 Å². The second kappa shape index (κ2) is 23.0. The molecule has 0 saturated heterocycles. The summed E-state index contributed by atoms with van der Waals surface area (Å²) in [4.78, 5) is 8.64. The summed E-state index contributed by atoms with van der Waals surface area (Å²) in [6.45, 7) is 15.1. The molecule has 340 valence electrons. The highest BCUT2D eigenvalue weighted by Gasteiger charge is 2.17. The summed E-state index contributed by atoms with van der Waals surface area (Å²) in [5.74, 6) is 0.460. The first-order chi connectivity index (χ1) is 33.8. The van der Waals surface area contributed by atoms with Gasteiger partial charge in [0, 0.05) is 17.8 Å². The molecule has 1 unspecified atom stereocenters. The third kappa shape index (κ3) is 11.5. The highest BCUT2D eigenvalue weighted by Crippen LogP contribution is 2.41. The van der Waals surface area contributed by atoms with Gasteiger partial charge in [-0.05, 0) is 142 Å². The molecule has 0 spiro atoms. The van der Waals surface area contributed by atoms with E-state index < -0.39 is 0 Å². The number of hydrogen-bond donors (Lipinski definition) is 1. The molecule has 3 heteroatoms. The van der Waals surface area contributed by atoms with Crippen molar-refractivity contribution in [2.75, 3.05) is 5.32 Å². The molecular weight excluding hydrogens is 835 g/mol. The Labute approximate surface area is 409 Å². The van der Waals surface area contributed by atoms with Crippen LogP contribution >= 0.6 is 0 Å². The Bertz CT molecular complexity index is 3240. The van der Waals surface area contributed by atoms with E-state index in [1.165, 1.54) is 94.1 Å². The fourth-order valence-electron chi connectivity index (χ4n) is 8.86. The molecule has 0 aliphatic carbocycles. The largest absolute Gasteiger partial charge is 0.380 e. The molecule has 0 saturated carbocycles. The molecular formula is C66H61N3. The van der Waals surface area contributed by atoms with Crippen molar-refractivity contribution in [1.82, 2.24) is 0 Å². The summed E-state index contributed by atoms with van der Waals surface area (Å²) in [6, 6.07) is 80.8. The highest BCUT2D eigenvalue weighted by atomic mass is 14.9. The molecule has 0 radical (unpaired) electrons. The zero-order valence-corrected chi connectivity index (χ0v) is 40.5. The smallest absolute Gasteiger partial charge is 0.0662 e. The van der Waals surface area contributed by atoms with Gasteiger partial charge in [-0.25, -0.2) is 0 Å². The summed E-state index contributed by atoms with van der Waals surface area (Å²) >= 11 is 0. The Morgan fingerprint density at radius 1 is 0.522 bits per heavy atom. The lowest BCUT2D eigenvalue weighted by Gasteiger charge is -2.22. The Balaban J connectivity index is 0.000000156. The van der Waals surface area contributed by atoms with Crippen molar-refractivity contribution in [3.8, 4) is 33.4 Å². The molecule has 1 aliphatic rings. The van der Waals surface area contributed by atoms with E-state index in [0.29, 0.717) is 5.92 Å². The first-order valence-corrected chi connectivity index (χ1v) is 24.0. The second-order valence-corrected chi connectivity index (χ2v) is 17.5. The fraction of sp³-hybridized carbons (Fsp3) is 0.121. The van der Waals surface area contributed by atoms with Gasteiger partial charge in [0.15, 0.2) is 0 Å². The van der Waals surface area contributed by atoms with Gasteiger partial charge in [0.1, 0.15) is 0 Å². The van der Waals surface area contributed by atoms with E-state index in [1.54, 1.807) is 0 Å². The zero-order chi connectivity index (χ0) is 48.0. The van der Waals surface area contributed by atoms with Crippen molar-refractivity contribution in [2.45, 2.75) is 47.6 Å². The minimum Gasteiger partial charge on any atom is -0.380 e. The maximum Gasteiger partial charge on any atom is 0.0662 e. The number of anilines is 1. The van der Waals surface area contributed by atoms with Crippen molar-refractivity contribution >= 4 is 51.0 Å². The quantitative estimate of drug-likeness (QED) is 0.126. The van der Waals surface area contributed by atoms with Gasteiger partial charge >= 0.3 is 0 Å². The van der Waals surface area contributed by atoms with Crippen LogP contribution in [0.25, 0.3) is 54.9 Å². The van der Waals surface area contributed by atoms with Crippen LogP contribution in [0.5, 0.6) is 0 Å². The van der Waals surface area contributed by atoms with Gasteiger partial charge < -0.3 is 5.32 Å². The van der Waals surface area contributed by atoms with Crippen molar-refractivity contribution in [1.29, 1.82) is 0 Å². The van der Waals surface area contributed by atoms with Crippen LogP contribution in [0.15, 0.2) is 241 Å². The molecule has 1 N–H and O–H groups in total. The lowest BCUT2D eigenvalue weighted by molar-refractivity contribution is 0.740. The molecule has 0 aromatic heterocycles. The number of nitrogens with one attached hydrogen (secondary N) is 1. The molecule has 0 bridgehead atoms. The number of nitrogens with zero attached hydrogens (tertiary/aromatic N) is 2. The Kier molecular flexibility index (Phi) is 15.8. The summed E-state index contributed by atoms with van der Waals surface area (Å²) < 4.78 is 0. The van der Waals surface area contributed by atoms with Gasteiger partial charge in [0.2, 0.25) is 0 Å². The highest BCUT2D eigenvalue weighted by molar-refractivity contribution is 6.15. The zero-order valence-electron chi connectivity index (χ0n) is 40.5. The lowest BCUT2D eigenvalue weighted by atomic mass is 9.88. The van der Waals surface area contributed by atoms with Crippen molar-refractivity contribution in [3.63, 3.8) is 0 Å². The molecule has 1 atom stereocenters. The van der Waals surface area contributed by atoms with E-state index in [2.05, 4.69) is 222 Å². The normalized spacial score (nSPS) is 11.8. The van der Waals surface area contributed by atoms with Crippen LogP contribution in [-0.2, 0) is 6.54 Å². The van der Waals surface area contributed by atoms with Crippen LogP contribution in [0.3, 0.4) is 0 Å². The van der Waals surface area contributed by atoms with Crippen LogP contribution in [0.1, 0.15) is 48.1 Å². The van der Waals surface area contributed by atoms with Gasteiger partial charge in [0.05, 0.1) is 17.1 Å². The monoisotopic (exact) mass is 895 g/mol. The summed E-state index contributed by atoms with van der Waals surface area (Å²) in [5, 5.41) is 8.82. The van der Waals surface area contributed by atoms with E-state index in [0.717, 1.165) is 24.3 Å². The number of aryl methyl sites for hydroxylation is 3. The molecule has 0 fully saturated rings. The fourth-order valence-corrected chi connectivity index (χ4v) is 8.86. The van der Waals surface area contributed by atoms with E-state index in [1.807, 2.05) is 60.7 Å². The number of fused-ring (bicyclic) bond motifs is 5. The first-order valence-electron chi connectivity index (χ1n) is 24.0. The third-order valence-electron chi connectivity index (χ3n) is 12.9. The van der Waals surface area contributed by atoms with E-state index in [9.17, 15) is 0 Å². The molecule has 1 heterocycles. The van der Waals surface area contributed by atoms with Crippen molar-refractivity contribution in [3.05, 3.63) is 258 Å². The van der Waals surface area contributed by atoms with Crippen LogP contribution < -0.4 is 5.32 Å². The lowest BCUT2D eigenvalue weighted by Crippen LogP contribution is -2.11. The Morgan fingerprint density at radius 2 is 1.04 bits per heavy atom. The second-order valence-electron chi connectivity index (χ2n) is 17.5. The standard InChI is InChI=1S/C34H25N.C18H21N.C7H7N.C7H8/c1-22-27-8-2-4-11-30(27)34(31-12-5-3-9-28(22)31)24-16-14-23(15-17-24)25-18-19-26-21-35-33-13-7-6-10-29(33)32(26)20-25;1-4-14(2)18(16-11-6-5-7-12-16)19-17-13-9-8-10-15(17)3;1-8-7-5-3-2-4-6-7;1-7-5-3-2-4-6-7/h2-20,35H,21H2,1H3;5-14H,4H2,1-3H3;2-6H,1H2;2-6H,1H3. The maximum absolute atomic E-state index is 4.92. The summed E-state index contributed by atoms with van der Waals surface area (Å²) in [7, 11) is 0. The minimum absolute atomic E-state index is 0.460. The Hall–Kier alpha value is -8.14. The number of rotatable bonds is 7. The molecule has 10 aromatic carbocycles. The van der Waals surface area contributed by atoms with Crippen LogP contribution in [0, 0.1) is 26.7 Å². The topological polar surface area (TPSA) is 36.8 Å². The SMILES string of the molecule is C=Nc1ccccc1.CCC(C)C(=Nc1ccccc1C)c1ccccc1.Cc1c2ccccc2c(-c2ccc(-c3ccc4c(c3)-c3ccccc3NC4)cc2)c2ccccc12.Cc1ccccc1. The first kappa shape index (κ1) is 47.4. The number of aliphatic imine (C=N–C) groups is 2. The van der Waals surface area contributed by atoms with Gasteiger partial charge in [-0.3, -0.25) is 9.98 Å².